The van der Waals surface area contributed by atoms with Crippen LogP contribution < -0.4 is 5.56 Å². The molecule has 1 saturated heterocycles. The number of nitrogens with one attached hydrogen (secondary N) is 1. The van der Waals surface area contributed by atoms with Crippen molar-refractivity contribution in [3.63, 3.8) is 0 Å². The lowest BCUT2D eigenvalue weighted by atomic mass is 10.0. The number of hydrogen-bond donors (Lipinski definition) is 1. The number of likely N-dealkylation sites (tertiary alicyclic amines) is 1. The number of rotatable bonds is 7. The van der Waals surface area contributed by atoms with Crippen LogP contribution in [-0.2, 0) is 24.2 Å². The van der Waals surface area contributed by atoms with Gasteiger partial charge >= 0.3 is 6.18 Å². The first-order valence-electron chi connectivity index (χ1n) is 10.6. The molecule has 0 saturated carbocycles. The normalized spacial score (nSPS) is 19.0. The van der Waals surface area contributed by atoms with Gasteiger partial charge in [-0.1, -0.05) is 26.6 Å². The molecule has 3 rings (SSSR count). The van der Waals surface area contributed by atoms with E-state index in [1.807, 2.05) is 0 Å². The molecule has 0 radical (unpaired) electrons. The maximum Gasteiger partial charge on any atom is 0.418 e. The lowest BCUT2D eigenvalue weighted by molar-refractivity contribution is -0.136. The lowest BCUT2D eigenvalue weighted by Crippen LogP contribution is -2.34. The van der Waals surface area contributed by atoms with Crippen LogP contribution in [0, 0.1) is 5.92 Å². The molecular formula is C21H32F3N3O2Si. The lowest BCUT2D eigenvalue weighted by Gasteiger charge is -2.31. The Bertz CT molecular complexity index is 930. The van der Waals surface area contributed by atoms with Crippen LogP contribution in [-0.4, -0.2) is 42.2 Å². The highest BCUT2D eigenvalue weighted by molar-refractivity contribution is 6.76. The second kappa shape index (κ2) is 8.88. The summed E-state index contributed by atoms with van der Waals surface area (Å²) in [4.78, 5) is 17.0. The van der Waals surface area contributed by atoms with Gasteiger partial charge in [-0.05, 0) is 37.4 Å². The van der Waals surface area contributed by atoms with Crippen molar-refractivity contribution in [2.24, 2.45) is 5.92 Å². The van der Waals surface area contributed by atoms with Gasteiger partial charge in [-0.3, -0.25) is 9.69 Å². The summed E-state index contributed by atoms with van der Waals surface area (Å²) >= 11 is 0. The molecule has 168 valence electrons. The Labute approximate surface area is 176 Å². The van der Waals surface area contributed by atoms with Gasteiger partial charge < -0.3 is 14.3 Å². The molecule has 30 heavy (non-hydrogen) atoms. The zero-order chi connectivity index (χ0) is 22.1. The van der Waals surface area contributed by atoms with Crippen LogP contribution in [0.3, 0.4) is 0 Å². The Morgan fingerprint density at radius 2 is 2.03 bits per heavy atom. The third-order valence-corrected chi connectivity index (χ3v) is 7.39. The standard InChI is InChI=1S/C21H32F3N3O2Si/c1-15-6-5-7-26(12-15)13-16-10-17-18(21(22,23)24)11-25-20(28)19(17)27(16)14-29-8-9-30(2,3)4/h10-11,15H,5-9,12-14H2,1-4H3,(H,25,28)/t15-/m0/s1. The van der Waals surface area contributed by atoms with Crippen LogP contribution >= 0.6 is 0 Å². The summed E-state index contributed by atoms with van der Waals surface area (Å²) in [6, 6.07) is 2.48. The van der Waals surface area contributed by atoms with E-state index < -0.39 is 25.4 Å². The van der Waals surface area contributed by atoms with E-state index in [4.69, 9.17) is 4.74 Å². The quantitative estimate of drug-likeness (QED) is 0.490. The van der Waals surface area contributed by atoms with Gasteiger partial charge in [0.05, 0.1) is 5.56 Å². The van der Waals surface area contributed by atoms with Crippen LogP contribution in [0.5, 0.6) is 0 Å². The van der Waals surface area contributed by atoms with Gasteiger partial charge in [-0.2, -0.15) is 13.2 Å². The van der Waals surface area contributed by atoms with E-state index in [2.05, 4.69) is 36.4 Å². The van der Waals surface area contributed by atoms with Gasteiger partial charge in [0.1, 0.15) is 12.2 Å². The monoisotopic (exact) mass is 443 g/mol. The van der Waals surface area contributed by atoms with Crippen molar-refractivity contribution in [2.75, 3.05) is 19.7 Å². The molecular weight excluding hydrogens is 411 g/mol. The number of piperidine rings is 1. The molecule has 1 fully saturated rings. The van der Waals surface area contributed by atoms with E-state index in [1.54, 1.807) is 4.57 Å². The van der Waals surface area contributed by atoms with E-state index in [9.17, 15) is 18.0 Å². The Morgan fingerprint density at radius 1 is 1.30 bits per heavy atom. The number of ether oxygens (including phenoxy) is 1. The molecule has 0 spiro atoms. The highest BCUT2D eigenvalue weighted by atomic mass is 28.3. The number of nitrogens with zero attached hydrogens (tertiary/aromatic N) is 2. The van der Waals surface area contributed by atoms with Gasteiger partial charge in [0, 0.05) is 45.0 Å². The molecule has 9 heteroatoms. The fourth-order valence-electron chi connectivity index (χ4n) is 4.04. The van der Waals surface area contributed by atoms with Crippen molar-refractivity contribution in [2.45, 2.75) is 64.9 Å². The summed E-state index contributed by atoms with van der Waals surface area (Å²) in [7, 11) is -1.29. The molecule has 1 aliphatic heterocycles. The molecule has 1 atom stereocenters. The minimum absolute atomic E-state index is 0.0397. The number of hydrogen-bond acceptors (Lipinski definition) is 3. The second-order valence-corrected chi connectivity index (χ2v) is 15.3. The van der Waals surface area contributed by atoms with Crippen molar-refractivity contribution in [3.05, 3.63) is 33.9 Å². The number of fused-ring (bicyclic) bond motifs is 1. The minimum Gasteiger partial charge on any atom is -0.361 e. The third kappa shape index (κ3) is 5.56. The average Bonchev–Trinajstić information content (AvgIpc) is 2.96. The number of pyridine rings is 1. The number of alkyl halides is 3. The molecule has 0 amide bonds. The SMILES string of the molecule is C[C@H]1CCCN(Cc2cc3c(C(F)(F)F)c[nH]c(=O)c3n2COCC[Si](C)(C)C)C1. The summed E-state index contributed by atoms with van der Waals surface area (Å²) in [5, 5.41) is -0.0555. The highest BCUT2D eigenvalue weighted by Crippen LogP contribution is 2.35. The zero-order valence-electron chi connectivity index (χ0n) is 18.2. The summed E-state index contributed by atoms with van der Waals surface area (Å²) in [6.07, 6.45) is -1.53. The van der Waals surface area contributed by atoms with E-state index >= 15 is 0 Å². The molecule has 5 nitrogen and oxygen atoms in total. The molecule has 0 unspecified atom stereocenters. The van der Waals surface area contributed by atoms with Gasteiger partial charge in [0.15, 0.2) is 0 Å². The predicted molar refractivity (Wildman–Crippen MR) is 115 cm³/mol. The first kappa shape index (κ1) is 23.1. The number of halogens is 3. The van der Waals surface area contributed by atoms with Crippen LogP contribution in [0.2, 0.25) is 25.7 Å². The predicted octanol–water partition coefficient (Wildman–Crippen LogP) is 4.89. The largest absolute Gasteiger partial charge is 0.418 e. The van der Waals surface area contributed by atoms with E-state index in [0.29, 0.717) is 24.8 Å². The molecule has 0 aliphatic carbocycles. The molecule has 2 aromatic rings. The average molecular weight is 444 g/mol. The first-order valence-corrected chi connectivity index (χ1v) is 14.3. The fourth-order valence-corrected chi connectivity index (χ4v) is 4.80. The smallest absolute Gasteiger partial charge is 0.361 e. The van der Waals surface area contributed by atoms with Gasteiger partial charge in [-0.15, -0.1) is 0 Å². The van der Waals surface area contributed by atoms with Gasteiger partial charge in [0.2, 0.25) is 0 Å². The number of aromatic amines is 1. The van der Waals surface area contributed by atoms with Crippen molar-refractivity contribution < 1.29 is 17.9 Å². The molecule has 0 bridgehead atoms. The molecule has 1 N–H and O–H groups in total. The topological polar surface area (TPSA) is 50.3 Å². The molecule has 2 aromatic heterocycles. The fraction of sp³-hybridized carbons (Fsp3) is 0.667. The number of aromatic nitrogens is 2. The van der Waals surface area contributed by atoms with E-state index in [1.165, 1.54) is 6.07 Å². The van der Waals surface area contributed by atoms with E-state index in [0.717, 1.165) is 38.2 Å². The summed E-state index contributed by atoms with van der Waals surface area (Å²) in [5.41, 5.74) is -0.608. The van der Waals surface area contributed by atoms with Crippen molar-refractivity contribution in [3.8, 4) is 0 Å². The summed E-state index contributed by atoms with van der Waals surface area (Å²) in [6.45, 7) is 11.8. The number of H-pyrrole nitrogens is 1. The molecule has 0 aromatic carbocycles. The minimum atomic E-state index is -4.54. The van der Waals surface area contributed by atoms with Crippen LogP contribution in [0.25, 0.3) is 10.9 Å². The first-order chi connectivity index (χ1) is 14.0. The van der Waals surface area contributed by atoms with Crippen molar-refractivity contribution in [1.29, 1.82) is 0 Å². The van der Waals surface area contributed by atoms with Crippen LogP contribution in [0.4, 0.5) is 13.2 Å². The Kier molecular flexibility index (Phi) is 6.83. The summed E-state index contributed by atoms with van der Waals surface area (Å²) < 4.78 is 48.2. The Hall–Kier alpha value is -1.58. The van der Waals surface area contributed by atoms with Crippen molar-refractivity contribution >= 4 is 19.0 Å². The second-order valence-electron chi connectivity index (χ2n) is 9.69. The van der Waals surface area contributed by atoms with Gasteiger partial charge in [0.25, 0.3) is 5.56 Å². The third-order valence-electron chi connectivity index (χ3n) is 5.68. The molecule has 3 heterocycles. The van der Waals surface area contributed by atoms with Crippen LogP contribution in [0.15, 0.2) is 17.1 Å². The highest BCUT2D eigenvalue weighted by Gasteiger charge is 2.35. The van der Waals surface area contributed by atoms with E-state index in [-0.39, 0.29) is 17.6 Å². The maximum absolute atomic E-state index is 13.6. The molecule has 1 aliphatic rings. The summed E-state index contributed by atoms with van der Waals surface area (Å²) in [5.74, 6) is 0.554. The van der Waals surface area contributed by atoms with Crippen molar-refractivity contribution in [1.82, 2.24) is 14.5 Å². The van der Waals surface area contributed by atoms with Crippen LogP contribution in [0.1, 0.15) is 31.0 Å². The zero-order valence-corrected chi connectivity index (χ0v) is 19.2. The van der Waals surface area contributed by atoms with Gasteiger partial charge in [-0.25, -0.2) is 0 Å². The Balaban J connectivity index is 1.97. The maximum atomic E-state index is 13.6. The Morgan fingerprint density at radius 3 is 2.67 bits per heavy atom.